The molecule has 5 nitrogen and oxygen atoms in total. The third kappa shape index (κ3) is 5.29. The molecule has 0 spiro atoms. The Kier molecular flexibility index (Phi) is 7.29. The van der Waals surface area contributed by atoms with E-state index < -0.39 is 5.97 Å². The van der Waals surface area contributed by atoms with Crippen LogP contribution < -0.4 is 10.1 Å². The molecule has 3 rings (SSSR count). The molecule has 1 heterocycles. The Labute approximate surface area is 188 Å². The number of thiophene rings is 1. The highest BCUT2D eigenvalue weighted by atomic mass is 79.9. The number of nitrogens with one attached hydrogen (secondary N) is 1. The van der Waals surface area contributed by atoms with Gasteiger partial charge in [0.1, 0.15) is 16.3 Å². The highest BCUT2D eigenvalue weighted by Crippen LogP contribution is 2.36. The Morgan fingerprint density at radius 2 is 1.77 bits per heavy atom. The van der Waals surface area contributed by atoms with Gasteiger partial charge in [0.05, 0.1) is 11.1 Å². The molecule has 7 heteroatoms. The number of amides is 1. The number of halogens is 1. The van der Waals surface area contributed by atoms with E-state index in [1.807, 2.05) is 55.6 Å². The lowest BCUT2D eigenvalue weighted by atomic mass is 10.0. The van der Waals surface area contributed by atoms with Gasteiger partial charge in [-0.25, -0.2) is 4.79 Å². The maximum atomic E-state index is 12.6. The van der Waals surface area contributed by atoms with Gasteiger partial charge in [-0.05, 0) is 60.0 Å². The molecule has 3 aromatic rings. The van der Waals surface area contributed by atoms with Gasteiger partial charge in [0.15, 0.2) is 6.61 Å². The molecule has 0 saturated heterocycles. The Morgan fingerprint density at radius 1 is 1.07 bits per heavy atom. The number of ether oxygens (including phenoxy) is 2. The largest absolute Gasteiger partial charge is 0.483 e. The molecular weight excluding hydrogens is 466 g/mol. The molecule has 0 atom stereocenters. The second-order valence-electron chi connectivity index (χ2n) is 6.71. The van der Waals surface area contributed by atoms with Crippen molar-refractivity contribution in [2.24, 2.45) is 0 Å². The van der Waals surface area contributed by atoms with E-state index in [2.05, 4.69) is 21.2 Å². The van der Waals surface area contributed by atoms with Crippen LogP contribution in [-0.2, 0) is 9.53 Å². The van der Waals surface area contributed by atoms with Crippen LogP contribution in [0.2, 0.25) is 0 Å². The normalized spacial score (nSPS) is 10.5. The molecule has 0 fully saturated rings. The average Bonchev–Trinajstić information content (AvgIpc) is 3.11. The lowest BCUT2D eigenvalue weighted by Crippen LogP contribution is -2.21. The van der Waals surface area contributed by atoms with E-state index >= 15 is 0 Å². The minimum absolute atomic E-state index is 0.179. The summed E-state index contributed by atoms with van der Waals surface area (Å²) >= 11 is 4.72. The van der Waals surface area contributed by atoms with Crippen LogP contribution in [0.15, 0.2) is 52.3 Å². The predicted molar refractivity (Wildman–Crippen MR) is 123 cm³/mol. The third-order valence-electron chi connectivity index (χ3n) is 4.33. The monoisotopic (exact) mass is 487 g/mol. The Hall–Kier alpha value is -2.64. The molecule has 0 aliphatic carbocycles. The topological polar surface area (TPSA) is 64.6 Å². The molecule has 2 aromatic carbocycles. The van der Waals surface area contributed by atoms with Crippen molar-refractivity contribution in [3.05, 3.63) is 69.0 Å². The number of benzene rings is 2. The summed E-state index contributed by atoms with van der Waals surface area (Å²) in [6.07, 6.45) is 0. The Morgan fingerprint density at radius 3 is 2.43 bits per heavy atom. The van der Waals surface area contributed by atoms with Crippen molar-refractivity contribution in [1.82, 2.24) is 0 Å². The van der Waals surface area contributed by atoms with Gasteiger partial charge in [-0.1, -0.05) is 35.9 Å². The van der Waals surface area contributed by atoms with Gasteiger partial charge in [0.25, 0.3) is 5.91 Å². The SMILES string of the molecule is CCOC(=O)c1c(-c2ccc(C)cc2)csc1NC(=O)COc1ccc(C)cc1Br. The zero-order valence-corrected chi connectivity index (χ0v) is 19.4. The summed E-state index contributed by atoms with van der Waals surface area (Å²) in [6.45, 7) is 5.80. The number of rotatable bonds is 7. The number of carbonyl (C=O) groups is 2. The Balaban J connectivity index is 1.79. The first kappa shape index (κ1) is 22.1. The molecule has 1 aromatic heterocycles. The van der Waals surface area contributed by atoms with Gasteiger partial charge >= 0.3 is 5.97 Å². The molecule has 0 bridgehead atoms. The fourth-order valence-corrected chi connectivity index (χ4v) is 4.41. The van der Waals surface area contributed by atoms with Gasteiger partial charge in [-0.2, -0.15) is 0 Å². The van der Waals surface area contributed by atoms with E-state index in [1.165, 1.54) is 11.3 Å². The number of hydrogen-bond donors (Lipinski definition) is 1. The van der Waals surface area contributed by atoms with Gasteiger partial charge in [-0.15, -0.1) is 11.3 Å². The lowest BCUT2D eigenvalue weighted by Gasteiger charge is -2.11. The smallest absolute Gasteiger partial charge is 0.341 e. The fraction of sp³-hybridized carbons (Fsp3) is 0.217. The van der Waals surface area contributed by atoms with Crippen molar-refractivity contribution in [2.45, 2.75) is 20.8 Å². The van der Waals surface area contributed by atoms with E-state index in [0.717, 1.165) is 26.7 Å². The molecule has 0 aliphatic rings. The molecule has 0 aliphatic heterocycles. The fourth-order valence-electron chi connectivity index (χ4n) is 2.83. The molecule has 1 amide bonds. The van der Waals surface area contributed by atoms with Gasteiger partial charge < -0.3 is 14.8 Å². The summed E-state index contributed by atoms with van der Waals surface area (Å²) in [5, 5.41) is 5.09. The highest BCUT2D eigenvalue weighted by molar-refractivity contribution is 9.10. The minimum Gasteiger partial charge on any atom is -0.483 e. The van der Waals surface area contributed by atoms with E-state index in [0.29, 0.717) is 16.3 Å². The van der Waals surface area contributed by atoms with Crippen molar-refractivity contribution in [1.29, 1.82) is 0 Å². The van der Waals surface area contributed by atoms with Gasteiger partial charge in [-0.3, -0.25) is 4.79 Å². The standard InChI is InChI=1S/C23H22BrNO4S/c1-4-28-23(27)21-17(16-8-5-14(2)6-9-16)13-30-22(21)25-20(26)12-29-19-10-7-15(3)11-18(19)24/h5-11,13H,4,12H2,1-3H3,(H,25,26). The quantitative estimate of drug-likeness (QED) is 0.415. The summed E-state index contributed by atoms with van der Waals surface area (Å²) in [6, 6.07) is 13.5. The van der Waals surface area contributed by atoms with Crippen molar-refractivity contribution >= 4 is 44.1 Å². The molecule has 0 unspecified atom stereocenters. The average molecular weight is 488 g/mol. The van der Waals surface area contributed by atoms with Crippen LogP contribution in [0, 0.1) is 13.8 Å². The first-order chi connectivity index (χ1) is 14.4. The maximum absolute atomic E-state index is 12.6. The van der Waals surface area contributed by atoms with Crippen LogP contribution >= 0.6 is 27.3 Å². The number of aryl methyl sites for hydroxylation is 2. The number of carbonyl (C=O) groups excluding carboxylic acids is 2. The summed E-state index contributed by atoms with van der Waals surface area (Å²) in [5.41, 5.74) is 4.19. The van der Waals surface area contributed by atoms with Crippen molar-refractivity contribution in [3.8, 4) is 16.9 Å². The number of esters is 1. The third-order valence-corrected chi connectivity index (χ3v) is 5.85. The van der Waals surface area contributed by atoms with Crippen LogP contribution in [-0.4, -0.2) is 25.1 Å². The van der Waals surface area contributed by atoms with E-state index in [-0.39, 0.29) is 19.1 Å². The lowest BCUT2D eigenvalue weighted by molar-refractivity contribution is -0.118. The first-order valence-corrected chi connectivity index (χ1v) is 11.1. The predicted octanol–water partition coefficient (Wildman–Crippen LogP) is 5.99. The summed E-state index contributed by atoms with van der Waals surface area (Å²) in [7, 11) is 0. The summed E-state index contributed by atoms with van der Waals surface area (Å²) in [5.74, 6) is -0.245. The minimum atomic E-state index is -0.466. The molecule has 30 heavy (non-hydrogen) atoms. The molecular formula is C23H22BrNO4S. The molecule has 0 saturated carbocycles. The van der Waals surface area contributed by atoms with Gasteiger partial charge in [0, 0.05) is 10.9 Å². The summed E-state index contributed by atoms with van der Waals surface area (Å²) in [4.78, 5) is 25.1. The summed E-state index contributed by atoms with van der Waals surface area (Å²) < 4.78 is 11.6. The number of anilines is 1. The van der Waals surface area contributed by atoms with E-state index in [4.69, 9.17) is 9.47 Å². The zero-order chi connectivity index (χ0) is 21.7. The van der Waals surface area contributed by atoms with Crippen LogP contribution in [0.25, 0.3) is 11.1 Å². The van der Waals surface area contributed by atoms with Crippen LogP contribution in [0.5, 0.6) is 5.75 Å². The first-order valence-electron chi connectivity index (χ1n) is 9.43. The molecule has 1 N–H and O–H groups in total. The molecule has 156 valence electrons. The van der Waals surface area contributed by atoms with Crippen molar-refractivity contribution in [3.63, 3.8) is 0 Å². The molecule has 0 radical (unpaired) electrons. The van der Waals surface area contributed by atoms with Gasteiger partial charge in [0.2, 0.25) is 0 Å². The second kappa shape index (κ2) is 9.91. The second-order valence-corrected chi connectivity index (χ2v) is 8.44. The van der Waals surface area contributed by atoms with E-state index in [1.54, 1.807) is 13.0 Å². The zero-order valence-electron chi connectivity index (χ0n) is 17.0. The highest BCUT2D eigenvalue weighted by Gasteiger charge is 2.23. The van der Waals surface area contributed by atoms with Crippen LogP contribution in [0.3, 0.4) is 0 Å². The van der Waals surface area contributed by atoms with Crippen molar-refractivity contribution in [2.75, 3.05) is 18.5 Å². The van der Waals surface area contributed by atoms with Crippen LogP contribution in [0.4, 0.5) is 5.00 Å². The van der Waals surface area contributed by atoms with E-state index in [9.17, 15) is 9.59 Å². The maximum Gasteiger partial charge on any atom is 0.341 e. The van der Waals surface area contributed by atoms with Crippen molar-refractivity contribution < 1.29 is 19.1 Å². The van der Waals surface area contributed by atoms with Crippen LogP contribution in [0.1, 0.15) is 28.4 Å². The number of hydrogen-bond acceptors (Lipinski definition) is 5. The Bertz CT molecular complexity index is 1060.